The molecule has 2 aliphatic rings. The van der Waals surface area contributed by atoms with E-state index in [-0.39, 0.29) is 0 Å². The van der Waals surface area contributed by atoms with Gasteiger partial charge in [-0.25, -0.2) is 0 Å². The summed E-state index contributed by atoms with van der Waals surface area (Å²) in [6.45, 7) is 1.98. The van der Waals surface area contributed by atoms with Gasteiger partial charge in [0, 0.05) is 24.8 Å². The standard InChI is InChI=1S/C15H26BrNO/c16-12-14-7-9-17(10-8-14)15(18)11-13-5-3-1-2-4-6-13/h13-14H,1-12H2. The number of nitrogens with zero attached hydrogens (tertiary/aromatic N) is 1. The molecule has 18 heavy (non-hydrogen) atoms. The molecular weight excluding hydrogens is 290 g/mol. The zero-order valence-electron chi connectivity index (χ0n) is 11.4. The van der Waals surface area contributed by atoms with Crippen LogP contribution in [0.1, 0.15) is 57.8 Å². The van der Waals surface area contributed by atoms with E-state index in [1.165, 1.54) is 51.4 Å². The monoisotopic (exact) mass is 315 g/mol. The fraction of sp³-hybridized carbons (Fsp3) is 0.933. The van der Waals surface area contributed by atoms with Crippen molar-refractivity contribution in [3.63, 3.8) is 0 Å². The smallest absolute Gasteiger partial charge is 0.222 e. The molecule has 1 saturated heterocycles. The molecule has 0 unspecified atom stereocenters. The first kappa shape index (κ1) is 14.4. The van der Waals surface area contributed by atoms with Crippen molar-refractivity contribution in [1.82, 2.24) is 4.90 Å². The van der Waals surface area contributed by atoms with Gasteiger partial charge in [0.1, 0.15) is 0 Å². The van der Waals surface area contributed by atoms with Crippen molar-refractivity contribution in [3.05, 3.63) is 0 Å². The van der Waals surface area contributed by atoms with E-state index in [2.05, 4.69) is 20.8 Å². The summed E-state index contributed by atoms with van der Waals surface area (Å²) in [5, 5.41) is 1.09. The minimum atomic E-state index is 0.426. The minimum absolute atomic E-state index is 0.426. The third-order valence-corrected chi connectivity index (χ3v) is 5.54. The molecule has 1 aliphatic carbocycles. The average molecular weight is 316 g/mol. The molecule has 1 saturated carbocycles. The van der Waals surface area contributed by atoms with E-state index in [4.69, 9.17) is 0 Å². The second-order valence-electron chi connectivity index (χ2n) is 6.04. The summed E-state index contributed by atoms with van der Waals surface area (Å²) in [6, 6.07) is 0. The van der Waals surface area contributed by atoms with E-state index in [1.54, 1.807) is 0 Å². The summed E-state index contributed by atoms with van der Waals surface area (Å²) in [7, 11) is 0. The van der Waals surface area contributed by atoms with Crippen LogP contribution in [0.15, 0.2) is 0 Å². The first-order valence-electron chi connectivity index (χ1n) is 7.63. The fourth-order valence-corrected chi connectivity index (χ4v) is 3.93. The molecule has 0 aromatic carbocycles. The van der Waals surface area contributed by atoms with Crippen molar-refractivity contribution in [2.24, 2.45) is 11.8 Å². The Hall–Kier alpha value is -0.0500. The molecule has 0 aromatic heterocycles. The van der Waals surface area contributed by atoms with Gasteiger partial charge in [-0.3, -0.25) is 4.79 Å². The number of carbonyl (C=O) groups excluding carboxylic acids is 1. The number of rotatable bonds is 3. The molecule has 1 aliphatic heterocycles. The molecular formula is C15H26BrNO. The van der Waals surface area contributed by atoms with E-state index >= 15 is 0 Å². The minimum Gasteiger partial charge on any atom is -0.343 e. The van der Waals surface area contributed by atoms with Gasteiger partial charge in [0.25, 0.3) is 0 Å². The molecule has 0 aromatic rings. The molecule has 0 atom stereocenters. The van der Waals surface area contributed by atoms with Gasteiger partial charge in [0.15, 0.2) is 0 Å². The Morgan fingerprint density at radius 1 is 0.944 bits per heavy atom. The van der Waals surface area contributed by atoms with Crippen LogP contribution in [0.2, 0.25) is 0 Å². The molecule has 3 heteroatoms. The summed E-state index contributed by atoms with van der Waals surface area (Å²) >= 11 is 3.55. The zero-order valence-corrected chi connectivity index (χ0v) is 13.0. The lowest BCUT2D eigenvalue weighted by atomic mass is 9.94. The van der Waals surface area contributed by atoms with Gasteiger partial charge in [-0.15, -0.1) is 0 Å². The number of piperidine rings is 1. The zero-order chi connectivity index (χ0) is 12.8. The van der Waals surface area contributed by atoms with Crippen molar-refractivity contribution < 1.29 is 4.79 Å². The van der Waals surface area contributed by atoms with E-state index < -0.39 is 0 Å². The molecule has 2 fully saturated rings. The first-order valence-corrected chi connectivity index (χ1v) is 8.75. The Bertz CT molecular complexity index is 253. The quantitative estimate of drug-likeness (QED) is 0.570. The van der Waals surface area contributed by atoms with Gasteiger partial charge in [-0.2, -0.15) is 0 Å². The Morgan fingerprint density at radius 2 is 1.56 bits per heavy atom. The maximum atomic E-state index is 12.3. The number of amides is 1. The van der Waals surface area contributed by atoms with Gasteiger partial charge in [-0.1, -0.05) is 41.6 Å². The van der Waals surface area contributed by atoms with Crippen LogP contribution in [0, 0.1) is 11.8 Å². The van der Waals surface area contributed by atoms with Crippen LogP contribution in [0.5, 0.6) is 0 Å². The molecule has 1 amide bonds. The lowest BCUT2D eigenvalue weighted by Gasteiger charge is -2.32. The molecule has 0 spiro atoms. The van der Waals surface area contributed by atoms with Crippen LogP contribution in [-0.4, -0.2) is 29.2 Å². The molecule has 2 nitrogen and oxygen atoms in total. The van der Waals surface area contributed by atoms with Gasteiger partial charge in [0.2, 0.25) is 5.91 Å². The van der Waals surface area contributed by atoms with Gasteiger partial charge >= 0.3 is 0 Å². The Balaban J connectivity index is 1.74. The summed E-state index contributed by atoms with van der Waals surface area (Å²) in [5.41, 5.74) is 0. The Morgan fingerprint density at radius 3 is 2.11 bits per heavy atom. The van der Waals surface area contributed by atoms with Gasteiger partial charge < -0.3 is 4.90 Å². The van der Waals surface area contributed by atoms with Crippen molar-refractivity contribution in [3.8, 4) is 0 Å². The average Bonchev–Trinajstić information content (AvgIpc) is 2.67. The van der Waals surface area contributed by atoms with Crippen molar-refractivity contribution in [2.75, 3.05) is 18.4 Å². The Kier molecular flexibility index (Phi) is 6.00. The summed E-state index contributed by atoms with van der Waals surface area (Å²) < 4.78 is 0. The normalized spacial score (nSPS) is 23.9. The Labute approximate surface area is 120 Å². The lowest BCUT2D eigenvalue weighted by Crippen LogP contribution is -2.39. The van der Waals surface area contributed by atoms with Crippen LogP contribution in [0.4, 0.5) is 0 Å². The fourth-order valence-electron chi connectivity index (χ4n) is 3.28. The highest BCUT2D eigenvalue weighted by Crippen LogP contribution is 2.27. The topological polar surface area (TPSA) is 20.3 Å². The molecule has 0 bridgehead atoms. The number of halogens is 1. The summed E-state index contributed by atoms with van der Waals surface area (Å²) in [6.07, 6.45) is 11.2. The highest BCUT2D eigenvalue weighted by Gasteiger charge is 2.24. The molecule has 0 N–H and O–H groups in total. The number of carbonyl (C=O) groups is 1. The summed E-state index contributed by atoms with van der Waals surface area (Å²) in [5.74, 6) is 1.88. The van der Waals surface area contributed by atoms with Crippen molar-refractivity contribution >= 4 is 21.8 Å². The third kappa shape index (κ3) is 4.25. The molecule has 104 valence electrons. The van der Waals surface area contributed by atoms with E-state index in [0.29, 0.717) is 11.8 Å². The summed E-state index contributed by atoms with van der Waals surface area (Å²) in [4.78, 5) is 14.4. The maximum Gasteiger partial charge on any atom is 0.222 e. The SMILES string of the molecule is O=C(CC1CCCCCC1)N1CCC(CBr)CC1. The van der Waals surface area contributed by atoms with Crippen molar-refractivity contribution in [2.45, 2.75) is 57.8 Å². The second-order valence-corrected chi connectivity index (χ2v) is 6.69. The van der Waals surface area contributed by atoms with Crippen LogP contribution >= 0.6 is 15.9 Å². The number of likely N-dealkylation sites (tertiary alicyclic amines) is 1. The highest BCUT2D eigenvalue weighted by molar-refractivity contribution is 9.09. The molecule has 2 rings (SSSR count). The number of alkyl halides is 1. The van der Waals surface area contributed by atoms with E-state index in [0.717, 1.165) is 30.8 Å². The lowest BCUT2D eigenvalue weighted by molar-refractivity contribution is -0.133. The maximum absolute atomic E-state index is 12.3. The van der Waals surface area contributed by atoms with Crippen LogP contribution in [0.3, 0.4) is 0 Å². The number of hydrogen-bond acceptors (Lipinski definition) is 1. The van der Waals surface area contributed by atoms with Gasteiger partial charge in [0.05, 0.1) is 0 Å². The van der Waals surface area contributed by atoms with Crippen LogP contribution in [0.25, 0.3) is 0 Å². The van der Waals surface area contributed by atoms with Gasteiger partial charge in [-0.05, 0) is 37.5 Å². The largest absolute Gasteiger partial charge is 0.343 e. The number of hydrogen-bond donors (Lipinski definition) is 0. The highest BCUT2D eigenvalue weighted by atomic mass is 79.9. The third-order valence-electron chi connectivity index (χ3n) is 4.62. The predicted molar refractivity (Wildman–Crippen MR) is 78.9 cm³/mol. The van der Waals surface area contributed by atoms with E-state index in [9.17, 15) is 4.79 Å². The van der Waals surface area contributed by atoms with E-state index in [1.807, 2.05) is 0 Å². The second kappa shape index (κ2) is 7.52. The molecule has 0 radical (unpaired) electrons. The molecule has 1 heterocycles. The van der Waals surface area contributed by atoms with Crippen molar-refractivity contribution in [1.29, 1.82) is 0 Å². The first-order chi connectivity index (χ1) is 8.79. The predicted octanol–water partition coefficient (Wildman–Crippen LogP) is 3.98. The van der Waals surface area contributed by atoms with Crippen LogP contribution < -0.4 is 0 Å². The van der Waals surface area contributed by atoms with Crippen LogP contribution in [-0.2, 0) is 4.79 Å².